The van der Waals surface area contributed by atoms with Crippen molar-refractivity contribution in [2.45, 2.75) is 12.5 Å². The van der Waals surface area contributed by atoms with E-state index < -0.39 is 0 Å². The second kappa shape index (κ2) is 5.11. The molecule has 0 aliphatic carbocycles. The van der Waals surface area contributed by atoms with Crippen LogP contribution in [0.15, 0.2) is 36.0 Å². The largest absolute Gasteiger partial charge is 0.310 e. The monoisotopic (exact) mass is 273 g/mol. The molecule has 3 rings (SSSR count). The zero-order valence-corrected chi connectivity index (χ0v) is 11.5. The van der Waals surface area contributed by atoms with Crippen LogP contribution in [-0.4, -0.2) is 24.5 Å². The van der Waals surface area contributed by atoms with E-state index in [-0.39, 0.29) is 11.9 Å². The molecule has 0 saturated heterocycles. The average molecular weight is 273 g/mol. The van der Waals surface area contributed by atoms with Crippen LogP contribution in [0.4, 0.5) is 5.69 Å². The van der Waals surface area contributed by atoms with E-state index in [9.17, 15) is 4.79 Å². The number of thiophene rings is 1. The number of carbonyl (C=O) groups is 1. The Balaban J connectivity index is 1.99. The Bertz CT molecular complexity index is 581. The van der Waals surface area contributed by atoms with Crippen molar-refractivity contribution in [1.29, 1.82) is 0 Å². The number of fused-ring (bicyclic) bond motifs is 1. The molecule has 1 aliphatic rings. The third-order valence-electron chi connectivity index (χ3n) is 3.42. The molecule has 3 heterocycles. The standard InChI is InChI=1S/C14H15N3OS/c1-15-12-13-10(5-9-19-13)4-8-17(14(12)18)11-2-6-16-7-3-11/h2-3,5-7,9,12,15H,4,8H2,1H3. The van der Waals surface area contributed by atoms with Crippen LogP contribution in [0.1, 0.15) is 16.5 Å². The van der Waals surface area contributed by atoms with Crippen molar-refractivity contribution in [3.05, 3.63) is 46.4 Å². The van der Waals surface area contributed by atoms with E-state index in [1.807, 2.05) is 24.1 Å². The SMILES string of the molecule is CNC1C(=O)N(c2ccncc2)CCc2ccsc21. The first-order valence-corrected chi connectivity index (χ1v) is 7.14. The molecule has 19 heavy (non-hydrogen) atoms. The van der Waals surface area contributed by atoms with Gasteiger partial charge in [0, 0.05) is 29.5 Å². The van der Waals surface area contributed by atoms with Crippen molar-refractivity contribution in [3.8, 4) is 0 Å². The minimum Gasteiger partial charge on any atom is -0.310 e. The Morgan fingerprint density at radius 3 is 2.89 bits per heavy atom. The molecule has 5 heteroatoms. The topological polar surface area (TPSA) is 45.2 Å². The quantitative estimate of drug-likeness (QED) is 0.910. The number of pyridine rings is 1. The molecule has 0 bridgehead atoms. The van der Waals surface area contributed by atoms with Gasteiger partial charge in [0.25, 0.3) is 0 Å². The Morgan fingerprint density at radius 2 is 2.16 bits per heavy atom. The van der Waals surface area contributed by atoms with Crippen molar-refractivity contribution >= 4 is 22.9 Å². The summed E-state index contributed by atoms with van der Waals surface area (Å²) in [6.07, 6.45) is 4.33. The fourth-order valence-electron chi connectivity index (χ4n) is 2.45. The van der Waals surface area contributed by atoms with Gasteiger partial charge in [0.05, 0.1) is 0 Å². The van der Waals surface area contributed by atoms with Gasteiger partial charge in [-0.1, -0.05) is 0 Å². The zero-order valence-electron chi connectivity index (χ0n) is 10.7. The second-order valence-electron chi connectivity index (χ2n) is 4.48. The summed E-state index contributed by atoms with van der Waals surface area (Å²) >= 11 is 1.65. The van der Waals surface area contributed by atoms with E-state index in [4.69, 9.17) is 0 Å². The number of anilines is 1. The molecule has 0 radical (unpaired) electrons. The number of likely N-dealkylation sites (N-methyl/N-ethyl adjacent to an activating group) is 1. The molecule has 1 atom stereocenters. The molecule has 0 aromatic carbocycles. The number of amides is 1. The molecule has 2 aromatic heterocycles. The normalized spacial score (nSPS) is 19.1. The van der Waals surface area contributed by atoms with Crippen LogP contribution >= 0.6 is 11.3 Å². The number of nitrogens with one attached hydrogen (secondary N) is 1. The summed E-state index contributed by atoms with van der Waals surface area (Å²) in [5.41, 5.74) is 2.18. The number of hydrogen-bond donors (Lipinski definition) is 1. The molecule has 0 fully saturated rings. The summed E-state index contributed by atoms with van der Waals surface area (Å²) in [6.45, 7) is 0.713. The molecule has 1 amide bonds. The second-order valence-corrected chi connectivity index (χ2v) is 5.42. The number of rotatable bonds is 2. The smallest absolute Gasteiger partial charge is 0.249 e. The zero-order chi connectivity index (χ0) is 13.2. The predicted molar refractivity (Wildman–Crippen MR) is 76.4 cm³/mol. The van der Waals surface area contributed by atoms with Gasteiger partial charge in [-0.05, 0) is 42.6 Å². The van der Waals surface area contributed by atoms with Crippen LogP contribution in [0.5, 0.6) is 0 Å². The lowest BCUT2D eigenvalue weighted by molar-refractivity contribution is -0.120. The number of nitrogens with zero attached hydrogens (tertiary/aromatic N) is 2. The van der Waals surface area contributed by atoms with Gasteiger partial charge in [-0.3, -0.25) is 9.78 Å². The van der Waals surface area contributed by atoms with Crippen LogP contribution < -0.4 is 10.2 Å². The maximum atomic E-state index is 12.7. The fourth-order valence-corrected chi connectivity index (χ4v) is 3.51. The van der Waals surface area contributed by atoms with Crippen LogP contribution in [0.25, 0.3) is 0 Å². The minimum absolute atomic E-state index is 0.106. The summed E-state index contributed by atoms with van der Waals surface area (Å²) in [6, 6.07) is 5.63. The van der Waals surface area contributed by atoms with E-state index in [1.54, 1.807) is 23.7 Å². The molecule has 0 spiro atoms. The summed E-state index contributed by atoms with van der Waals surface area (Å²) in [5, 5.41) is 5.20. The van der Waals surface area contributed by atoms with Crippen molar-refractivity contribution in [2.75, 3.05) is 18.5 Å². The van der Waals surface area contributed by atoms with E-state index in [0.717, 1.165) is 17.0 Å². The van der Waals surface area contributed by atoms with Gasteiger partial charge in [-0.2, -0.15) is 0 Å². The summed E-state index contributed by atoms with van der Waals surface area (Å²) in [5.74, 6) is 0.106. The lowest BCUT2D eigenvalue weighted by atomic mass is 10.1. The van der Waals surface area contributed by atoms with Crippen molar-refractivity contribution in [1.82, 2.24) is 10.3 Å². The highest BCUT2D eigenvalue weighted by Gasteiger charge is 2.31. The first-order chi connectivity index (χ1) is 9.31. The minimum atomic E-state index is -0.245. The molecular formula is C14H15N3OS. The van der Waals surface area contributed by atoms with E-state index in [2.05, 4.69) is 21.7 Å². The third kappa shape index (κ3) is 2.15. The predicted octanol–water partition coefficient (Wildman–Crippen LogP) is 1.99. The van der Waals surface area contributed by atoms with Crippen molar-refractivity contribution in [3.63, 3.8) is 0 Å². The lowest BCUT2D eigenvalue weighted by Gasteiger charge is -2.24. The first kappa shape index (κ1) is 12.3. The molecular weight excluding hydrogens is 258 g/mol. The van der Waals surface area contributed by atoms with E-state index in [1.165, 1.54) is 5.56 Å². The average Bonchev–Trinajstić information content (AvgIpc) is 2.85. The van der Waals surface area contributed by atoms with Crippen LogP contribution in [0.2, 0.25) is 0 Å². The number of aromatic nitrogens is 1. The molecule has 98 valence electrons. The van der Waals surface area contributed by atoms with Gasteiger partial charge in [-0.25, -0.2) is 0 Å². The van der Waals surface area contributed by atoms with Gasteiger partial charge < -0.3 is 10.2 Å². The number of carbonyl (C=O) groups excluding carboxylic acids is 1. The molecule has 2 aromatic rings. The highest BCUT2D eigenvalue weighted by atomic mass is 32.1. The summed E-state index contributed by atoms with van der Waals surface area (Å²) in [4.78, 5) is 19.7. The Labute approximate surface area is 116 Å². The first-order valence-electron chi connectivity index (χ1n) is 6.26. The van der Waals surface area contributed by atoms with Gasteiger partial charge in [0.15, 0.2) is 0 Å². The molecule has 1 N–H and O–H groups in total. The Morgan fingerprint density at radius 1 is 1.37 bits per heavy atom. The van der Waals surface area contributed by atoms with Gasteiger partial charge in [-0.15, -0.1) is 11.3 Å². The van der Waals surface area contributed by atoms with Crippen molar-refractivity contribution in [2.24, 2.45) is 0 Å². The van der Waals surface area contributed by atoms with Crippen LogP contribution in [0.3, 0.4) is 0 Å². The summed E-state index contributed by atoms with van der Waals surface area (Å²) in [7, 11) is 1.84. The van der Waals surface area contributed by atoms with Gasteiger partial charge in [0.2, 0.25) is 5.91 Å². The van der Waals surface area contributed by atoms with Gasteiger partial charge in [0.1, 0.15) is 6.04 Å². The number of hydrogen-bond acceptors (Lipinski definition) is 4. The highest BCUT2D eigenvalue weighted by Crippen LogP contribution is 2.31. The van der Waals surface area contributed by atoms with Crippen molar-refractivity contribution < 1.29 is 4.79 Å². The molecule has 4 nitrogen and oxygen atoms in total. The highest BCUT2D eigenvalue weighted by molar-refractivity contribution is 7.10. The molecule has 0 saturated carbocycles. The summed E-state index contributed by atoms with van der Waals surface area (Å²) < 4.78 is 0. The third-order valence-corrected chi connectivity index (χ3v) is 4.45. The molecule has 1 unspecified atom stereocenters. The maximum absolute atomic E-state index is 12.7. The van der Waals surface area contributed by atoms with E-state index >= 15 is 0 Å². The Kier molecular flexibility index (Phi) is 3.31. The van der Waals surface area contributed by atoms with E-state index in [0.29, 0.717) is 6.54 Å². The fraction of sp³-hybridized carbons (Fsp3) is 0.286. The lowest BCUT2D eigenvalue weighted by Crippen LogP contribution is -2.39. The van der Waals surface area contributed by atoms with Crippen LogP contribution in [-0.2, 0) is 11.2 Å². The van der Waals surface area contributed by atoms with Crippen LogP contribution in [0, 0.1) is 0 Å². The Hall–Kier alpha value is -1.72. The maximum Gasteiger partial charge on any atom is 0.249 e. The van der Waals surface area contributed by atoms with Gasteiger partial charge >= 0.3 is 0 Å². The molecule has 1 aliphatic heterocycles.